The van der Waals surface area contributed by atoms with Gasteiger partial charge in [0.25, 0.3) is 5.91 Å². The average Bonchev–Trinajstić information content (AvgIpc) is 2.94. The number of benzene rings is 2. The third-order valence-electron chi connectivity index (χ3n) is 4.68. The highest BCUT2D eigenvalue weighted by atomic mass is 16.5. The zero-order valence-electron chi connectivity index (χ0n) is 17.1. The highest BCUT2D eigenvalue weighted by Gasteiger charge is 2.28. The summed E-state index contributed by atoms with van der Waals surface area (Å²) < 4.78 is 11.3. The van der Waals surface area contributed by atoms with E-state index in [0.29, 0.717) is 36.0 Å². The zero-order chi connectivity index (χ0) is 20.3. The van der Waals surface area contributed by atoms with Gasteiger partial charge in [-0.05, 0) is 81.7 Å². The van der Waals surface area contributed by atoms with Gasteiger partial charge in [-0.25, -0.2) is 0 Å². The summed E-state index contributed by atoms with van der Waals surface area (Å²) in [6.07, 6.45) is 1.85. The minimum Gasteiger partial charge on any atom is -0.490 e. The van der Waals surface area contributed by atoms with Crippen molar-refractivity contribution in [2.24, 2.45) is 5.10 Å². The third-order valence-corrected chi connectivity index (χ3v) is 4.68. The van der Waals surface area contributed by atoms with E-state index in [2.05, 4.69) is 5.10 Å². The summed E-state index contributed by atoms with van der Waals surface area (Å²) in [4.78, 5) is 13.0. The Labute approximate surface area is 166 Å². The molecule has 0 radical (unpaired) electrons. The Hall–Kier alpha value is -3.08. The van der Waals surface area contributed by atoms with Gasteiger partial charge in [0, 0.05) is 0 Å². The Morgan fingerprint density at radius 3 is 2.32 bits per heavy atom. The van der Waals surface area contributed by atoms with Gasteiger partial charge < -0.3 is 9.47 Å². The summed E-state index contributed by atoms with van der Waals surface area (Å²) >= 11 is 0. The average molecular weight is 378 g/mol. The first-order chi connectivity index (χ1) is 13.4. The highest BCUT2D eigenvalue weighted by molar-refractivity contribution is 6.32. The van der Waals surface area contributed by atoms with Gasteiger partial charge in [-0.15, -0.1) is 0 Å². The predicted molar refractivity (Wildman–Crippen MR) is 113 cm³/mol. The van der Waals surface area contributed by atoms with Crippen LogP contribution in [0.15, 0.2) is 47.1 Å². The molecule has 28 heavy (non-hydrogen) atoms. The van der Waals surface area contributed by atoms with Crippen LogP contribution in [0.5, 0.6) is 11.5 Å². The molecule has 5 nitrogen and oxygen atoms in total. The number of anilines is 1. The molecule has 146 valence electrons. The third kappa shape index (κ3) is 3.93. The number of nitrogens with zero attached hydrogens (tertiary/aromatic N) is 2. The maximum absolute atomic E-state index is 13.0. The molecule has 0 fully saturated rings. The number of hydrogen-bond donors (Lipinski definition) is 0. The molecule has 1 amide bonds. The molecule has 2 aromatic carbocycles. The van der Waals surface area contributed by atoms with E-state index in [0.717, 1.165) is 16.8 Å². The minimum absolute atomic E-state index is 0.132. The summed E-state index contributed by atoms with van der Waals surface area (Å²) in [5, 5.41) is 5.93. The first kappa shape index (κ1) is 19.7. The van der Waals surface area contributed by atoms with Gasteiger partial charge in [-0.2, -0.15) is 10.1 Å². The zero-order valence-corrected chi connectivity index (χ0v) is 17.1. The van der Waals surface area contributed by atoms with Gasteiger partial charge in [0.05, 0.1) is 30.2 Å². The van der Waals surface area contributed by atoms with Crippen molar-refractivity contribution in [3.63, 3.8) is 0 Å². The van der Waals surface area contributed by atoms with E-state index in [-0.39, 0.29) is 5.91 Å². The van der Waals surface area contributed by atoms with Crippen molar-refractivity contribution in [2.45, 2.75) is 34.6 Å². The number of amides is 1. The first-order valence-corrected chi connectivity index (χ1v) is 9.53. The molecule has 0 saturated heterocycles. The van der Waals surface area contributed by atoms with Crippen molar-refractivity contribution in [1.82, 2.24) is 0 Å². The molecule has 0 aromatic heterocycles. The van der Waals surface area contributed by atoms with Crippen LogP contribution in [0.4, 0.5) is 5.69 Å². The van der Waals surface area contributed by atoms with Crippen LogP contribution in [0.1, 0.15) is 37.5 Å². The normalized spacial score (nSPS) is 15.2. The van der Waals surface area contributed by atoms with Crippen molar-refractivity contribution < 1.29 is 14.3 Å². The second kappa shape index (κ2) is 8.30. The molecule has 0 N–H and O–H groups in total. The Morgan fingerprint density at radius 1 is 0.929 bits per heavy atom. The van der Waals surface area contributed by atoms with Gasteiger partial charge in [0.1, 0.15) is 0 Å². The maximum atomic E-state index is 13.0. The van der Waals surface area contributed by atoms with E-state index in [1.807, 2.05) is 77.1 Å². The van der Waals surface area contributed by atoms with E-state index in [4.69, 9.17) is 9.47 Å². The number of aryl methyl sites for hydroxylation is 2. The summed E-state index contributed by atoms with van der Waals surface area (Å²) in [6.45, 7) is 10.9. The summed E-state index contributed by atoms with van der Waals surface area (Å²) in [5.74, 6) is 1.24. The molecular formula is C23H26N2O3. The Balaban J connectivity index is 1.92. The van der Waals surface area contributed by atoms with Crippen molar-refractivity contribution in [1.29, 1.82) is 0 Å². The van der Waals surface area contributed by atoms with Gasteiger partial charge in [0.15, 0.2) is 11.5 Å². The van der Waals surface area contributed by atoms with E-state index in [1.165, 1.54) is 10.6 Å². The van der Waals surface area contributed by atoms with Gasteiger partial charge in [-0.1, -0.05) is 12.1 Å². The minimum atomic E-state index is -0.132. The van der Waals surface area contributed by atoms with Crippen LogP contribution in [-0.2, 0) is 4.79 Å². The van der Waals surface area contributed by atoms with Crippen LogP contribution in [0.25, 0.3) is 6.08 Å². The smallest absolute Gasteiger partial charge is 0.280 e. The summed E-state index contributed by atoms with van der Waals surface area (Å²) in [7, 11) is 0. The summed E-state index contributed by atoms with van der Waals surface area (Å²) in [6, 6.07) is 11.6. The summed E-state index contributed by atoms with van der Waals surface area (Å²) in [5.41, 5.74) is 5.22. The number of carbonyl (C=O) groups is 1. The molecule has 2 aromatic rings. The van der Waals surface area contributed by atoms with Crippen LogP contribution < -0.4 is 14.5 Å². The SMILES string of the molecule is CCOc1ccc(C=C2C(=O)N(c3ccc(C)c(C)c3)N=C2C)cc1OCC. The second-order valence-corrected chi connectivity index (χ2v) is 6.70. The number of hydrogen-bond acceptors (Lipinski definition) is 4. The monoisotopic (exact) mass is 378 g/mol. The fourth-order valence-corrected chi connectivity index (χ4v) is 3.04. The van der Waals surface area contributed by atoms with Crippen LogP contribution in [0.2, 0.25) is 0 Å². The van der Waals surface area contributed by atoms with Gasteiger partial charge in [-0.3, -0.25) is 4.79 Å². The van der Waals surface area contributed by atoms with Crippen molar-refractivity contribution in [3.05, 3.63) is 58.7 Å². The molecular weight excluding hydrogens is 352 g/mol. The van der Waals surface area contributed by atoms with E-state index < -0.39 is 0 Å². The molecule has 0 saturated carbocycles. The van der Waals surface area contributed by atoms with E-state index in [9.17, 15) is 4.79 Å². The number of carbonyl (C=O) groups excluding carboxylic acids is 1. The quantitative estimate of drug-likeness (QED) is 0.671. The largest absolute Gasteiger partial charge is 0.490 e. The fourth-order valence-electron chi connectivity index (χ4n) is 3.04. The molecule has 1 heterocycles. The van der Waals surface area contributed by atoms with E-state index >= 15 is 0 Å². The van der Waals surface area contributed by atoms with Gasteiger partial charge in [0.2, 0.25) is 0 Å². The maximum Gasteiger partial charge on any atom is 0.280 e. The van der Waals surface area contributed by atoms with Crippen molar-refractivity contribution in [3.8, 4) is 11.5 Å². The number of ether oxygens (including phenoxy) is 2. The lowest BCUT2D eigenvalue weighted by atomic mass is 10.1. The molecule has 0 spiro atoms. The second-order valence-electron chi connectivity index (χ2n) is 6.70. The fraction of sp³-hybridized carbons (Fsp3) is 0.304. The topological polar surface area (TPSA) is 51.1 Å². The Morgan fingerprint density at radius 2 is 1.64 bits per heavy atom. The lowest BCUT2D eigenvalue weighted by molar-refractivity contribution is -0.114. The molecule has 5 heteroatoms. The van der Waals surface area contributed by atoms with Crippen molar-refractivity contribution >= 4 is 23.4 Å². The highest BCUT2D eigenvalue weighted by Crippen LogP contribution is 2.31. The Bertz CT molecular complexity index is 960. The lowest BCUT2D eigenvalue weighted by Crippen LogP contribution is -2.21. The number of rotatable bonds is 6. The van der Waals surface area contributed by atoms with Crippen LogP contribution in [0.3, 0.4) is 0 Å². The molecule has 0 aliphatic carbocycles. The first-order valence-electron chi connectivity index (χ1n) is 9.53. The molecule has 1 aliphatic heterocycles. The number of hydrazone groups is 1. The molecule has 0 bridgehead atoms. The standard InChI is InChI=1S/C23H26N2O3/c1-6-27-21-11-9-18(14-22(21)28-7-2)13-20-17(5)24-25(23(20)26)19-10-8-15(3)16(4)12-19/h8-14H,6-7H2,1-5H3. The predicted octanol–water partition coefficient (Wildman–Crippen LogP) is 4.91. The van der Waals surface area contributed by atoms with Gasteiger partial charge >= 0.3 is 0 Å². The molecule has 3 rings (SSSR count). The van der Waals surface area contributed by atoms with Crippen molar-refractivity contribution in [2.75, 3.05) is 18.2 Å². The molecule has 0 atom stereocenters. The lowest BCUT2D eigenvalue weighted by Gasteiger charge is -2.13. The molecule has 0 unspecified atom stereocenters. The van der Waals surface area contributed by atoms with Crippen LogP contribution in [-0.4, -0.2) is 24.8 Å². The Kier molecular flexibility index (Phi) is 5.83. The van der Waals surface area contributed by atoms with E-state index in [1.54, 1.807) is 0 Å². The van der Waals surface area contributed by atoms with Crippen LogP contribution in [0, 0.1) is 13.8 Å². The molecule has 1 aliphatic rings. The van der Waals surface area contributed by atoms with Crippen LogP contribution >= 0.6 is 0 Å².